The summed E-state index contributed by atoms with van der Waals surface area (Å²) in [7, 11) is 0. The molecule has 1 saturated carbocycles. The fourth-order valence-electron chi connectivity index (χ4n) is 3.03. The molecule has 126 valence electrons. The lowest BCUT2D eigenvalue weighted by Crippen LogP contribution is -2.40. The van der Waals surface area contributed by atoms with E-state index < -0.39 is 0 Å². The number of carbonyl (C=O) groups is 1. The van der Waals surface area contributed by atoms with Crippen LogP contribution in [0.5, 0.6) is 0 Å². The second kappa shape index (κ2) is 6.18. The van der Waals surface area contributed by atoms with Gasteiger partial charge in [0.2, 0.25) is 5.82 Å². The minimum absolute atomic E-state index is 0.172. The van der Waals surface area contributed by atoms with Crippen LogP contribution in [0.1, 0.15) is 48.0 Å². The van der Waals surface area contributed by atoms with Gasteiger partial charge in [-0.3, -0.25) is 4.79 Å². The van der Waals surface area contributed by atoms with Gasteiger partial charge in [-0.15, -0.1) is 5.10 Å². The number of para-hydroxylation sites is 1. The topological polar surface area (TPSA) is 71.2 Å². The standard InChI is InChI=1S/C17H19ClN4O2/c18-13-3-1-2-4-14(13)22-16(11-5-6-11)19-15(20-22)17(24)21-9-7-12(23)8-10-21/h1-4,11-12,23H,5-10H2. The van der Waals surface area contributed by atoms with Crippen molar-refractivity contribution < 1.29 is 9.90 Å². The molecule has 1 N–H and O–H groups in total. The summed E-state index contributed by atoms with van der Waals surface area (Å²) in [5.41, 5.74) is 0.752. The summed E-state index contributed by atoms with van der Waals surface area (Å²) in [4.78, 5) is 18.9. The smallest absolute Gasteiger partial charge is 0.293 e. The average Bonchev–Trinajstić information content (AvgIpc) is 3.34. The van der Waals surface area contributed by atoms with Crippen LogP contribution in [-0.2, 0) is 0 Å². The molecular weight excluding hydrogens is 328 g/mol. The molecule has 0 radical (unpaired) electrons. The Morgan fingerprint density at radius 1 is 1.17 bits per heavy atom. The molecule has 1 aliphatic heterocycles. The van der Waals surface area contributed by atoms with Crippen molar-refractivity contribution in [3.8, 4) is 5.69 Å². The van der Waals surface area contributed by atoms with Crippen LogP contribution in [0, 0.1) is 0 Å². The van der Waals surface area contributed by atoms with Gasteiger partial charge in [0, 0.05) is 19.0 Å². The lowest BCUT2D eigenvalue weighted by atomic mass is 10.1. The Hall–Kier alpha value is -1.92. The van der Waals surface area contributed by atoms with Gasteiger partial charge in [0.25, 0.3) is 5.91 Å². The molecule has 1 aliphatic carbocycles. The molecule has 2 aliphatic rings. The zero-order chi connectivity index (χ0) is 16.7. The van der Waals surface area contributed by atoms with E-state index in [1.165, 1.54) is 0 Å². The van der Waals surface area contributed by atoms with Crippen molar-refractivity contribution in [1.29, 1.82) is 0 Å². The Balaban J connectivity index is 1.67. The van der Waals surface area contributed by atoms with Crippen LogP contribution in [0.3, 0.4) is 0 Å². The minimum atomic E-state index is -0.315. The van der Waals surface area contributed by atoms with E-state index in [9.17, 15) is 9.90 Å². The van der Waals surface area contributed by atoms with Gasteiger partial charge in [0.1, 0.15) is 5.82 Å². The van der Waals surface area contributed by atoms with E-state index in [1.54, 1.807) is 9.58 Å². The molecule has 1 saturated heterocycles. The largest absolute Gasteiger partial charge is 0.393 e. The van der Waals surface area contributed by atoms with Gasteiger partial charge in [-0.2, -0.15) is 0 Å². The van der Waals surface area contributed by atoms with E-state index in [1.807, 2.05) is 24.3 Å². The molecule has 1 amide bonds. The van der Waals surface area contributed by atoms with E-state index >= 15 is 0 Å². The Morgan fingerprint density at radius 3 is 2.54 bits per heavy atom. The maximum absolute atomic E-state index is 12.7. The van der Waals surface area contributed by atoms with E-state index in [0.29, 0.717) is 36.9 Å². The van der Waals surface area contributed by atoms with Gasteiger partial charge in [0.05, 0.1) is 16.8 Å². The fraction of sp³-hybridized carbons (Fsp3) is 0.471. The molecule has 6 nitrogen and oxygen atoms in total. The zero-order valence-corrected chi connectivity index (χ0v) is 14.0. The van der Waals surface area contributed by atoms with Gasteiger partial charge in [-0.25, -0.2) is 9.67 Å². The second-order valence-electron chi connectivity index (χ2n) is 6.45. The number of likely N-dealkylation sites (tertiary alicyclic amines) is 1. The van der Waals surface area contributed by atoms with Crippen LogP contribution in [0.4, 0.5) is 0 Å². The summed E-state index contributed by atoms with van der Waals surface area (Å²) in [6.45, 7) is 1.08. The van der Waals surface area contributed by atoms with E-state index in [-0.39, 0.29) is 17.8 Å². The molecule has 2 heterocycles. The van der Waals surface area contributed by atoms with Crippen LogP contribution in [-0.4, -0.2) is 49.9 Å². The molecule has 2 fully saturated rings. The number of aromatic nitrogens is 3. The van der Waals surface area contributed by atoms with Gasteiger partial charge >= 0.3 is 0 Å². The quantitative estimate of drug-likeness (QED) is 0.926. The minimum Gasteiger partial charge on any atom is -0.393 e. The van der Waals surface area contributed by atoms with Gasteiger partial charge in [-0.05, 0) is 37.8 Å². The molecule has 1 aromatic heterocycles. The highest BCUT2D eigenvalue weighted by atomic mass is 35.5. The summed E-state index contributed by atoms with van der Waals surface area (Å²) >= 11 is 6.30. The number of piperidine rings is 1. The first-order chi connectivity index (χ1) is 11.6. The number of aliphatic hydroxyl groups is 1. The normalized spacial score (nSPS) is 18.8. The number of hydrogen-bond donors (Lipinski definition) is 1. The first-order valence-electron chi connectivity index (χ1n) is 8.32. The van der Waals surface area contributed by atoms with Crippen molar-refractivity contribution in [2.45, 2.75) is 37.7 Å². The van der Waals surface area contributed by atoms with Gasteiger partial charge in [-0.1, -0.05) is 23.7 Å². The van der Waals surface area contributed by atoms with Gasteiger partial charge in [0.15, 0.2) is 0 Å². The van der Waals surface area contributed by atoms with Crippen LogP contribution < -0.4 is 0 Å². The highest BCUT2D eigenvalue weighted by Crippen LogP contribution is 2.40. The predicted octanol–water partition coefficient (Wildman–Crippen LogP) is 2.40. The summed E-state index contributed by atoms with van der Waals surface area (Å²) in [6, 6.07) is 7.45. The number of aliphatic hydroxyl groups excluding tert-OH is 1. The second-order valence-corrected chi connectivity index (χ2v) is 6.86. The molecule has 0 bridgehead atoms. The molecule has 0 spiro atoms. The number of rotatable bonds is 3. The summed E-state index contributed by atoms with van der Waals surface area (Å²) in [6.07, 6.45) is 3.02. The van der Waals surface area contributed by atoms with Crippen molar-refractivity contribution in [2.75, 3.05) is 13.1 Å². The van der Waals surface area contributed by atoms with Crippen LogP contribution >= 0.6 is 11.6 Å². The van der Waals surface area contributed by atoms with E-state index in [4.69, 9.17) is 11.6 Å². The molecule has 0 atom stereocenters. The van der Waals surface area contributed by atoms with E-state index in [2.05, 4.69) is 10.1 Å². The van der Waals surface area contributed by atoms with Crippen LogP contribution in [0.25, 0.3) is 5.69 Å². The number of amides is 1. The third-order valence-corrected chi connectivity index (χ3v) is 4.92. The molecule has 1 aromatic carbocycles. The Morgan fingerprint density at radius 2 is 1.88 bits per heavy atom. The summed E-state index contributed by atoms with van der Waals surface area (Å²) in [5, 5.41) is 14.7. The van der Waals surface area contributed by atoms with Crippen molar-refractivity contribution in [1.82, 2.24) is 19.7 Å². The Kier molecular flexibility index (Phi) is 4.02. The zero-order valence-electron chi connectivity index (χ0n) is 13.2. The highest BCUT2D eigenvalue weighted by Gasteiger charge is 2.33. The maximum Gasteiger partial charge on any atom is 0.293 e. The Labute approximate surface area is 145 Å². The predicted molar refractivity (Wildman–Crippen MR) is 89.5 cm³/mol. The maximum atomic E-state index is 12.7. The molecule has 0 unspecified atom stereocenters. The summed E-state index contributed by atoms with van der Waals surface area (Å²) < 4.78 is 1.71. The molecule has 2 aromatic rings. The number of carbonyl (C=O) groups excluding carboxylic acids is 1. The lowest BCUT2D eigenvalue weighted by molar-refractivity contribution is 0.0536. The first-order valence-corrected chi connectivity index (χ1v) is 8.70. The van der Waals surface area contributed by atoms with Gasteiger partial charge < -0.3 is 10.0 Å². The first kappa shape index (κ1) is 15.6. The third-order valence-electron chi connectivity index (χ3n) is 4.60. The monoisotopic (exact) mass is 346 g/mol. The average molecular weight is 347 g/mol. The number of hydrogen-bond acceptors (Lipinski definition) is 4. The van der Waals surface area contributed by atoms with Crippen LogP contribution in [0.2, 0.25) is 5.02 Å². The van der Waals surface area contributed by atoms with Crippen molar-refractivity contribution >= 4 is 17.5 Å². The number of benzene rings is 1. The molecule has 4 rings (SSSR count). The molecular formula is C17H19ClN4O2. The lowest BCUT2D eigenvalue weighted by Gasteiger charge is -2.28. The number of nitrogens with zero attached hydrogens (tertiary/aromatic N) is 4. The Bertz CT molecular complexity index is 764. The number of halogens is 1. The highest BCUT2D eigenvalue weighted by molar-refractivity contribution is 6.32. The summed E-state index contributed by atoms with van der Waals surface area (Å²) in [5.74, 6) is 1.20. The van der Waals surface area contributed by atoms with Crippen molar-refractivity contribution in [3.05, 3.63) is 40.9 Å². The molecule has 24 heavy (non-hydrogen) atoms. The van der Waals surface area contributed by atoms with Crippen molar-refractivity contribution in [3.63, 3.8) is 0 Å². The fourth-order valence-corrected chi connectivity index (χ4v) is 3.25. The third kappa shape index (κ3) is 2.91. The SMILES string of the molecule is O=C(c1nc(C2CC2)n(-c2ccccc2Cl)n1)N1CCC(O)CC1. The van der Waals surface area contributed by atoms with Crippen LogP contribution in [0.15, 0.2) is 24.3 Å². The van der Waals surface area contributed by atoms with E-state index in [0.717, 1.165) is 24.4 Å². The van der Waals surface area contributed by atoms with Crippen molar-refractivity contribution in [2.24, 2.45) is 0 Å². The molecule has 7 heteroatoms.